The molecule has 1 aromatic carbocycles. The van der Waals surface area contributed by atoms with Crippen LogP contribution in [0.25, 0.3) is 0 Å². The van der Waals surface area contributed by atoms with E-state index in [1.54, 1.807) is 6.07 Å². The smallest absolute Gasteiger partial charge is 0.387 e. The van der Waals surface area contributed by atoms with Gasteiger partial charge in [0.05, 0.1) is 11.1 Å². The summed E-state index contributed by atoms with van der Waals surface area (Å²) in [5, 5.41) is 17.7. The van der Waals surface area contributed by atoms with Crippen molar-refractivity contribution in [2.75, 3.05) is 0 Å². The van der Waals surface area contributed by atoms with Crippen LogP contribution < -0.4 is 4.74 Å². The molecule has 0 saturated heterocycles. The highest BCUT2D eigenvalue weighted by Crippen LogP contribution is 2.27. The maximum atomic E-state index is 12.1. The van der Waals surface area contributed by atoms with E-state index in [4.69, 9.17) is 10.4 Å². The van der Waals surface area contributed by atoms with Crippen LogP contribution in [0.4, 0.5) is 8.78 Å². The van der Waals surface area contributed by atoms with Gasteiger partial charge in [-0.15, -0.1) is 0 Å². The fraction of sp³-hybridized carbons (Fsp3) is 0.200. The zero-order valence-electron chi connectivity index (χ0n) is 8.28. The van der Waals surface area contributed by atoms with Crippen LogP contribution in [0.1, 0.15) is 21.5 Å². The van der Waals surface area contributed by atoms with Crippen molar-refractivity contribution >= 4 is 21.9 Å². The van der Waals surface area contributed by atoms with E-state index in [9.17, 15) is 13.6 Å². The summed E-state index contributed by atoms with van der Waals surface area (Å²) in [5.74, 6) is -1.51. The number of hydrogen-bond donors (Lipinski definition) is 1. The van der Waals surface area contributed by atoms with Crippen molar-refractivity contribution in [3.63, 3.8) is 0 Å². The predicted octanol–water partition coefficient (Wildman–Crippen LogP) is 2.75. The number of carboxylic acid groups (broad SMARTS) is 1. The molecule has 0 radical (unpaired) electrons. The molecule has 1 N–H and O–H groups in total. The van der Waals surface area contributed by atoms with E-state index < -0.39 is 12.6 Å². The Morgan fingerprint density at radius 3 is 2.65 bits per heavy atom. The molecule has 0 amide bonds. The molecule has 0 bridgehead atoms. The Hall–Kier alpha value is -1.68. The molecule has 0 atom stereocenters. The average Bonchev–Trinajstić information content (AvgIpc) is 2.27. The number of rotatable bonds is 4. The first-order valence-corrected chi connectivity index (χ1v) is 5.42. The Bertz CT molecular complexity index is 485. The molecule has 0 unspecified atom stereocenters. The van der Waals surface area contributed by atoms with Crippen molar-refractivity contribution in [2.24, 2.45) is 0 Å². The number of aromatic carboxylic acids is 1. The van der Waals surface area contributed by atoms with Crippen LogP contribution in [0.15, 0.2) is 12.1 Å². The molecule has 4 nitrogen and oxygen atoms in total. The molecule has 0 heterocycles. The van der Waals surface area contributed by atoms with Gasteiger partial charge in [-0.25, -0.2) is 4.79 Å². The van der Waals surface area contributed by atoms with E-state index in [2.05, 4.69) is 20.7 Å². The predicted molar refractivity (Wildman–Crippen MR) is 57.4 cm³/mol. The summed E-state index contributed by atoms with van der Waals surface area (Å²) < 4.78 is 28.4. The van der Waals surface area contributed by atoms with Gasteiger partial charge in [-0.1, -0.05) is 15.9 Å². The lowest BCUT2D eigenvalue weighted by molar-refractivity contribution is -0.0503. The third-order valence-corrected chi connectivity index (χ3v) is 2.52. The highest BCUT2D eigenvalue weighted by molar-refractivity contribution is 9.08. The number of ether oxygens (including phenoxy) is 1. The van der Waals surface area contributed by atoms with Gasteiger partial charge in [0.15, 0.2) is 0 Å². The van der Waals surface area contributed by atoms with Crippen molar-refractivity contribution in [3.05, 3.63) is 28.8 Å². The second kappa shape index (κ2) is 5.59. The van der Waals surface area contributed by atoms with Gasteiger partial charge in [0.25, 0.3) is 0 Å². The Kier molecular flexibility index (Phi) is 4.40. The van der Waals surface area contributed by atoms with Gasteiger partial charge in [0.1, 0.15) is 11.8 Å². The Morgan fingerprint density at radius 1 is 1.59 bits per heavy atom. The topological polar surface area (TPSA) is 70.3 Å². The molecular weight excluding hydrogens is 300 g/mol. The van der Waals surface area contributed by atoms with Crippen LogP contribution in [-0.4, -0.2) is 17.7 Å². The zero-order valence-corrected chi connectivity index (χ0v) is 9.87. The summed E-state index contributed by atoms with van der Waals surface area (Å²) in [6, 6.07) is 3.75. The Morgan fingerprint density at radius 2 is 2.24 bits per heavy atom. The minimum Gasteiger partial charge on any atom is -0.478 e. The average molecular weight is 306 g/mol. The molecule has 0 aromatic heterocycles. The lowest BCUT2D eigenvalue weighted by atomic mass is 10.0. The SMILES string of the molecule is N#Cc1cc(OC(F)F)c(CBr)cc1C(=O)O. The van der Waals surface area contributed by atoms with Crippen LogP contribution in [-0.2, 0) is 5.33 Å². The standard InChI is InChI=1S/C10H6BrF2NO3/c11-3-5-1-7(9(15)16)6(4-14)2-8(5)17-10(12)13/h1-2,10H,3H2,(H,15,16). The third kappa shape index (κ3) is 3.14. The number of nitrogens with zero attached hydrogens (tertiary/aromatic N) is 1. The van der Waals surface area contributed by atoms with Gasteiger partial charge in [-0.2, -0.15) is 14.0 Å². The lowest BCUT2D eigenvalue weighted by Gasteiger charge is -2.10. The molecule has 0 spiro atoms. The van der Waals surface area contributed by atoms with Crippen molar-refractivity contribution < 1.29 is 23.4 Å². The summed E-state index contributed by atoms with van der Waals surface area (Å²) in [7, 11) is 0. The van der Waals surface area contributed by atoms with Crippen molar-refractivity contribution in [2.45, 2.75) is 11.9 Å². The molecule has 1 aromatic rings. The largest absolute Gasteiger partial charge is 0.478 e. The fourth-order valence-corrected chi connectivity index (χ4v) is 1.64. The van der Waals surface area contributed by atoms with Crippen molar-refractivity contribution in [1.29, 1.82) is 5.26 Å². The molecular formula is C10H6BrF2NO3. The van der Waals surface area contributed by atoms with Gasteiger partial charge < -0.3 is 9.84 Å². The summed E-state index contributed by atoms with van der Waals surface area (Å²) >= 11 is 3.03. The van der Waals surface area contributed by atoms with E-state index in [1.165, 1.54) is 0 Å². The maximum absolute atomic E-state index is 12.1. The zero-order chi connectivity index (χ0) is 13.0. The van der Waals surface area contributed by atoms with Crippen LogP contribution in [0.2, 0.25) is 0 Å². The van der Waals surface area contributed by atoms with Crippen LogP contribution in [0, 0.1) is 11.3 Å². The number of benzene rings is 1. The number of nitriles is 1. The van der Waals surface area contributed by atoms with E-state index in [1.807, 2.05) is 0 Å². The minimum atomic E-state index is -3.03. The molecule has 7 heteroatoms. The Labute approximate surface area is 104 Å². The van der Waals surface area contributed by atoms with Gasteiger partial charge >= 0.3 is 12.6 Å². The lowest BCUT2D eigenvalue weighted by Crippen LogP contribution is -2.07. The van der Waals surface area contributed by atoms with Crippen LogP contribution in [0.3, 0.4) is 0 Å². The number of halogens is 3. The fourth-order valence-electron chi connectivity index (χ4n) is 1.20. The normalized spacial score (nSPS) is 10.1. The highest BCUT2D eigenvalue weighted by atomic mass is 79.9. The highest BCUT2D eigenvalue weighted by Gasteiger charge is 2.17. The van der Waals surface area contributed by atoms with E-state index in [0.29, 0.717) is 0 Å². The molecule has 0 aliphatic rings. The van der Waals surface area contributed by atoms with Gasteiger partial charge in [-0.3, -0.25) is 0 Å². The molecule has 0 aliphatic heterocycles. The second-order valence-electron chi connectivity index (χ2n) is 2.93. The molecule has 0 saturated carbocycles. The van der Waals surface area contributed by atoms with Crippen LogP contribution >= 0.6 is 15.9 Å². The number of hydrogen-bond acceptors (Lipinski definition) is 3. The number of carbonyl (C=O) groups is 1. The third-order valence-electron chi connectivity index (χ3n) is 1.91. The molecule has 90 valence electrons. The Balaban J connectivity index is 3.34. The first-order chi connectivity index (χ1) is 7.99. The van der Waals surface area contributed by atoms with E-state index in [0.717, 1.165) is 12.1 Å². The first kappa shape index (κ1) is 13.4. The monoisotopic (exact) mass is 305 g/mol. The van der Waals surface area contributed by atoms with Crippen molar-refractivity contribution in [1.82, 2.24) is 0 Å². The number of carboxylic acids is 1. The van der Waals surface area contributed by atoms with Gasteiger partial charge in [0.2, 0.25) is 0 Å². The summed E-state index contributed by atoms with van der Waals surface area (Å²) in [4.78, 5) is 10.8. The van der Waals surface area contributed by atoms with Crippen LogP contribution in [0.5, 0.6) is 5.75 Å². The molecule has 17 heavy (non-hydrogen) atoms. The summed E-state index contributed by atoms with van der Waals surface area (Å²) in [6.45, 7) is -3.03. The van der Waals surface area contributed by atoms with Gasteiger partial charge in [-0.05, 0) is 12.1 Å². The quantitative estimate of drug-likeness (QED) is 0.868. The first-order valence-electron chi connectivity index (χ1n) is 4.30. The second-order valence-corrected chi connectivity index (χ2v) is 3.50. The molecule has 0 aliphatic carbocycles. The number of alkyl halides is 3. The summed E-state index contributed by atoms with van der Waals surface area (Å²) in [6.07, 6.45) is 0. The van der Waals surface area contributed by atoms with E-state index in [-0.39, 0.29) is 27.8 Å². The molecule has 1 rings (SSSR count). The molecule has 0 fully saturated rings. The minimum absolute atomic E-state index is 0.140. The maximum Gasteiger partial charge on any atom is 0.387 e. The van der Waals surface area contributed by atoms with Gasteiger partial charge in [0, 0.05) is 10.9 Å². The summed E-state index contributed by atoms with van der Waals surface area (Å²) in [5.41, 5.74) is -0.233. The van der Waals surface area contributed by atoms with Crippen molar-refractivity contribution in [3.8, 4) is 11.8 Å². The van der Waals surface area contributed by atoms with E-state index >= 15 is 0 Å².